The molecule has 1 aromatic heterocycles. The van der Waals surface area contributed by atoms with Gasteiger partial charge in [0.15, 0.2) is 0 Å². The number of hydrogen-bond acceptors (Lipinski definition) is 5. The molecule has 1 aliphatic heterocycles. The number of nitrogens with one attached hydrogen (secondary N) is 2. The van der Waals surface area contributed by atoms with Crippen LogP contribution in [0.15, 0.2) is 45.9 Å². The van der Waals surface area contributed by atoms with Crippen LogP contribution in [0.5, 0.6) is 0 Å². The van der Waals surface area contributed by atoms with Crippen LogP contribution in [0, 0.1) is 12.8 Å². The van der Waals surface area contributed by atoms with Crippen LogP contribution in [0.3, 0.4) is 0 Å². The van der Waals surface area contributed by atoms with Crippen LogP contribution in [-0.2, 0) is 16.6 Å². The molecule has 1 saturated heterocycles. The lowest BCUT2D eigenvalue weighted by atomic mass is 10.1. The molecule has 2 N–H and O–H groups in total. The molecule has 3 rings (SSSR count). The maximum Gasteiger partial charge on any atom is 0.251 e. The molecule has 1 aromatic carbocycles. The van der Waals surface area contributed by atoms with Crippen molar-refractivity contribution in [2.75, 3.05) is 26.2 Å². The summed E-state index contributed by atoms with van der Waals surface area (Å²) < 4.78 is 32.8. The van der Waals surface area contributed by atoms with E-state index < -0.39 is 10.0 Å². The standard InChI is InChI=1S/C21H29N3O4S/c1-16(15-24-9-3-4-10-24)13-22-21(25)20-12-19(8-7-17(20)2)29(26,27)23-14-18-6-5-11-28-18/h5-8,11-12,16,23H,3-4,9-10,13-15H2,1-2H3,(H,22,25). The number of hydrogen-bond donors (Lipinski definition) is 2. The smallest absolute Gasteiger partial charge is 0.251 e. The summed E-state index contributed by atoms with van der Waals surface area (Å²) in [5, 5.41) is 2.95. The maximum absolute atomic E-state index is 12.7. The summed E-state index contributed by atoms with van der Waals surface area (Å²) in [4.78, 5) is 15.2. The summed E-state index contributed by atoms with van der Waals surface area (Å²) in [5.74, 6) is 0.601. The van der Waals surface area contributed by atoms with Gasteiger partial charge in [-0.05, 0) is 68.6 Å². The van der Waals surface area contributed by atoms with Gasteiger partial charge in [-0.25, -0.2) is 13.1 Å². The first-order valence-corrected chi connectivity index (χ1v) is 11.5. The Balaban J connectivity index is 1.61. The van der Waals surface area contributed by atoms with Gasteiger partial charge in [0.1, 0.15) is 5.76 Å². The number of amides is 1. The molecule has 0 aliphatic carbocycles. The van der Waals surface area contributed by atoms with Gasteiger partial charge >= 0.3 is 0 Å². The zero-order valence-electron chi connectivity index (χ0n) is 17.0. The number of carbonyl (C=O) groups is 1. The van der Waals surface area contributed by atoms with Crippen molar-refractivity contribution in [2.24, 2.45) is 5.92 Å². The average Bonchev–Trinajstić information content (AvgIpc) is 3.39. The molecule has 1 fully saturated rings. The molecular formula is C21H29N3O4S. The van der Waals surface area contributed by atoms with E-state index in [1.54, 1.807) is 25.1 Å². The first-order valence-electron chi connectivity index (χ1n) is 9.98. The van der Waals surface area contributed by atoms with Crippen LogP contribution in [0.25, 0.3) is 0 Å². The van der Waals surface area contributed by atoms with Crippen molar-refractivity contribution in [3.05, 3.63) is 53.5 Å². The highest BCUT2D eigenvalue weighted by Crippen LogP contribution is 2.17. The van der Waals surface area contributed by atoms with Crippen molar-refractivity contribution in [3.63, 3.8) is 0 Å². The van der Waals surface area contributed by atoms with Crippen LogP contribution in [0.1, 0.15) is 41.4 Å². The molecule has 1 amide bonds. The van der Waals surface area contributed by atoms with E-state index in [4.69, 9.17) is 4.42 Å². The minimum absolute atomic E-state index is 0.0543. The van der Waals surface area contributed by atoms with Gasteiger partial charge in [0, 0.05) is 18.7 Å². The number of rotatable bonds is 9. The van der Waals surface area contributed by atoms with Gasteiger partial charge in [-0.1, -0.05) is 13.0 Å². The quantitative estimate of drug-likeness (QED) is 0.652. The van der Waals surface area contributed by atoms with E-state index in [0.717, 1.165) is 25.2 Å². The Kier molecular flexibility index (Phi) is 7.10. The number of likely N-dealkylation sites (tertiary alicyclic amines) is 1. The zero-order valence-corrected chi connectivity index (χ0v) is 17.8. The van der Waals surface area contributed by atoms with E-state index in [9.17, 15) is 13.2 Å². The highest BCUT2D eigenvalue weighted by Gasteiger charge is 2.19. The lowest BCUT2D eigenvalue weighted by Crippen LogP contribution is -2.34. The molecule has 0 saturated carbocycles. The van der Waals surface area contributed by atoms with Crippen molar-refractivity contribution < 1.29 is 17.6 Å². The summed E-state index contributed by atoms with van der Waals surface area (Å²) in [6.07, 6.45) is 3.98. The predicted molar refractivity (Wildman–Crippen MR) is 111 cm³/mol. The van der Waals surface area contributed by atoms with E-state index in [-0.39, 0.29) is 17.3 Å². The molecule has 2 aromatic rings. The number of furan rings is 1. The first-order chi connectivity index (χ1) is 13.8. The van der Waals surface area contributed by atoms with Crippen LogP contribution >= 0.6 is 0 Å². The SMILES string of the molecule is Cc1ccc(S(=O)(=O)NCc2ccco2)cc1C(=O)NCC(C)CN1CCCC1. The molecule has 8 heteroatoms. The molecular weight excluding hydrogens is 390 g/mol. The summed E-state index contributed by atoms with van der Waals surface area (Å²) in [6, 6.07) is 7.99. The predicted octanol–water partition coefficient (Wildman–Crippen LogP) is 2.53. The van der Waals surface area contributed by atoms with Gasteiger partial charge < -0.3 is 14.6 Å². The van der Waals surface area contributed by atoms with Gasteiger partial charge in [-0.15, -0.1) is 0 Å². The lowest BCUT2D eigenvalue weighted by molar-refractivity contribution is 0.0944. The third kappa shape index (κ3) is 5.91. The van der Waals surface area contributed by atoms with E-state index in [2.05, 4.69) is 21.9 Å². The Morgan fingerprint density at radius 2 is 2.00 bits per heavy atom. The first kappa shape index (κ1) is 21.5. The van der Waals surface area contributed by atoms with Gasteiger partial charge in [-0.2, -0.15) is 0 Å². The molecule has 0 spiro atoms. The largest absolute Gasteiger partial charge is 0.468 e. The summed E-state index contributed by atoms with van der Waals surface area (Å²) >= 11 is 0. The fourth-order valence-corrected chi connectivity index (χ4v) is 4.53. The Morgan fingerprint density at radius 3 is 2.69 bits per heavy atom. The lowest BCUT2D eigenvalue weighted by Gasteiger charge is -2.20. The van der Waals surface area contributed by atoms with E-state index in [1.807, 2.05) is 0 Å². The second kappa shape index (κ2) is 9.56. The van der Waals surface area contributed by atoms with Crippen molar-refractivity contribution >= 4 is 15.9 Å². The van der Waals surface area contributed by atoms with E-state index >= 15 is 0 Å². The molecule has 29 heavy (non-hydrogen) atoms. The summed E-state index contributed by atoms with van der Waals surface area (Å²) in [6.45, 7) is 7.75. The molecule has 7 nitrogen and oxygen atoms in total. The minimum atomic E-state index is -3.75. The third-order valence-electron chi connectivity index (χ3n) is 5.16. The summed E-state index contributed by atoms with van der Waals surface area (Å²) in [7, 11) is -3.75. The average molecular weight is 420 g/mol. The number of nitrogens with zero attached hydrogens (tertiary/aromatic N) is 1. The van der Waals surface area contributed by atoms with Crippen molar-refractivity contribution in [1.29, 1.82) is 0 Å². The molecule has 0 radical (unpaired) electrons. The number of carbonyl (C=O) groups excluding carboxylic acids is 1. The Labute approximate surface area is 172 Å². The van der Waals surface area contributed by atoms with Gasteiger partial charge in [0.25, 0.3) is 5.91 Å². The maximum atomic E-state index is 12.7. The monoisotopic (exact) mass is 419 g/mol. The second-order valence-electron chi connectivity index (χ2n) is 7.70. The van der Waals surface area contributed by atoms with Crippen molar-refractivity contribution in [2.45, 2.75) is 38.1 Å². The number of sulfonamides is 1. The van der Waals surface area contributed by atoms with Gasteiger partial charge in [-0.3, -0.25) is 4.79 Å². The van der Waals surface area contributed by atoms with Crippen LogP contribution in [-0.4, -0.2) is 45.4 Å². The second-order valence-corrected chi connectivity index (χ2v) is 9.47. The van der Waals surface area contributed by atoms with Crippen LogP contribution in [0.4, 0.5) is 0 Å². The van der Waals surface area contributed by atoms with Crippen molar-refractivity contribution in [1.82, 2.24) is 14.9 Å². The molecule has 1 unspecified atom stereocenters. The molecule has 2 heterocycles. The molecule has 1 aliphatic rings. The van der Waals surface area contributed by atoms with Crippen LogP contribution in [0.2, 0.25) is 0 Å². The Morgan fingerprint density at radius 1 is 1.24 bits per heavy atom. The molecule has 158 valence electrons. The normalized spacial score (nSPS) is 16.1. The molecule has 0 bridgehead atoms. The highest BCUT2D eigenvalue weighted by atomic mass is 32.2. The van der Waals surface area contributed by atoms with E-state index in [1.165, 1.54) is 31.2 Å². The fourth-order valence-electron chi connectivity index (χ4n) is 3.51. The van der Waals surface area contributed by atoms with Gasteiger partial charge in [0.2, 0.25) is 10.0 Å². The van der Waals surface area contributed by atoms with Crippen molar-refractivity contribution in [3.8, 4) is 0 Å². The van der Waals surface area contributed by atoms with Gasteiger partial charge in [0.05, 0.1) is 17.7 Å². The minimum Gasteiger partial charge on any atom is -0.468 e. The van der Waals surface area contributed by atoms with Crippen LogP contribution < -0.4 is 10.0 Å². The zero-order chi connectivity index (χ0) is 20.9. The topological polar surface area (TPSA) is 91.6 Å². The Hall–Kier alpha value is -2.16. The number of aryl methyl sites for hydroxylation is 1. The Bertz CT molecular complexity index is 919. The summed E-state index contributed by atoms with van der Waals surface area (Å²) in [5.41, 5.74) is 1.11. The highest BCUT2D eigenvalue weighted by molar-refractivity contribution is 7.89. The number of benzene rings is 1. The van der Waals surface area contributed by atoms with E-state index in [0.29, 0.717) is 23.8 Å². The fraction of sp³-hybridized carbons (Fsp3) is 0.476. The molecule has 1 atom stereocenters. The third-order valence-corrected chi connectivity index (χ3v) is 6.56.